The molecule has 0 spiro atoms. The molecule has 0 radical (unpaired) electrons. The van der Waals surface area contributed by atoms with E-state index in [1.165, 1.54) is 11.4 Å². The van der Waals surface area contributed by atoms with E-state index in [0.717, 1.165) is 32.1 Å². The molecule has 1 aromatic rings. The Hall–Kier alpha value is -0.380. The van der Waals surface area contributed by atoms with Crippen LogP contribution in [0.3, 0.4) is 0 Å². The molecule has 0 fully saturated rings. The quantitative estimate of drug-likeness (QED) is 0.751. The predicted octanol–water partition coefficient (Wildman–Crippen LogP) is 2.82. The van der Waals surface area contributed by atoms with Gasteiger partial charge in [-0.2, -0.15) is 0 Å². The molecule has 1 unspecified atom stereocenters. The van der Waals surface area contributed by atoms with Gasteiger partial charge in [-0.25, -0.2) is 0 Å². The molecule has 1 heterocycles. The summed E-state index contributed by atoms with van der Waals surface area (Å²) in [6, 6.07) is 4.36. The van der Waals surface area contributed by atoms with Crippen LogP contribution in [0.2, 0.25) is 0 Å². The lowest BCUT2D eigenvalue weighted by atomic mass is 10.1. The van der Waals surface area contributed by atoms with Gasteiger partial charge in [0.15, 0.2) is 0 Å². The summed E-state index contributed by atoms with van der Waals surface area (Å²) in [4.78, 5) is 3.99. The molecule has 0 aliphatic heterocycles. The Kier molecular flexibility index (Phi) is 6.69. The Morgan fingerprint density at radius 3 is 2.81 bits per heavy atom. The second-order valence-corrected chi connectivity index (χ2v) is 5.35. The third kappa shape index (κ3) is 5.10. The molecule has 0 aromatic carbocycles. The zero-order chi connectivity index (χ0) is 11.8. The van der Waals surface area contributed by atoms with Gasteiger partial charge >= 0.3 is 0 Å². The molecule has 1 N–H and O–H groups in total. The van der Waals surface area contributed by atoms with Gasteiger partial charge in [-0.05, 0) is 37.0 Å². The summed E-state index contributed by atoms with van der Waals surface area (Å²) in [5, 5.41) is 5.57. The molecule has 1 rings (SSSR count). The first kappa shape index (κ1) is 13.7. The molecule has 3 heteroatoms. The molecule has 1 atom stereocenters. The smallest absolute Gasteiger partial charge is 0.0327 e. The normalized spacial score (nSPS) is 13.2. The summed E-state index contributed by atoms with van der Waals surface area (Å²) < 4.78 is 0. The molecule has 0 aliphatic rings. The van der Waals surface area contributed by atoms with Gasteiger partial charge in [0, 0.05) is 18.0 Å². The molecule has 0 bridgehead atoms. The van der Waals surface area contributed by atoms with Gasteiger partial charge in [0.05, 0.1) is 0 Å². The van der Waals surface area contributed by atoms with Gasteiger partial charge in [0.25, 0.3) is 0 Å². The van der Waals surface area contributed by atoms with E-state index in [0.29, 0.717) is 0 Å². The highest BCUT2D eigenvalue weighted by Crippen LogP contribution is 2.12. The monoisotopic (exact) mass is 240 g/mol. The third-order valence-corrected chi connectivity index (χ3v) is 3.58. The Balaban J connectivity index is 2.31. The lowest BCUT2D eigenvalue weighted by Gasteiger charge is -2.23. The van der Waals surface area contributed by atoms with Gasteiger partial charge in [0.2, 0.25) is 0 Å². The predicted molar refractivity (Wildman–Crippen MR) is 73.0 cm³/mol. The molecular weight excluding hydrogens is 216 g/mol. The van der Waals surface area contributed by atoms with Gasteiger partial charge in [-0.15, -0.1) is 11.3 Å². The lowest BCUT2D eigenvalue weighted by Crippen LogP contribution is -2.32. The van der Waals surface area contributed by atoms with Crippen molar-refractivity contribution in [1.82, 2.24) is 10.2 Å². The summed E-state index contributed by atoms with van der Waals surface area (Å²) >= 11 is 1.85. The molecule has 92 valence electrons. The van der Waals surface area contributed by atoms with Crippen LogP contribution in [-0.4, -0.2) is 31.1 Å². The second kappa shape index (κ2) is 7.82. The number of nitrogens with zero attached hydrogens (tertiary/aromatic N) is 1. The average molecular weight is 240 g/mol. The first-order valence-corrected chi connectivity index (χ1v) is 7.09. The second-order valence-electron chi connectivity index (χ2n) is 4.32. The number of nitrogens with one attached hydrogen (secondary N) is 1. The van der Waals surface area contributed by atoms with Crippen LogP contribution in [-0.2, 0) is 6.54 Å². The van der Waals surface area contributed by atoms with Gasteiger partial charge in [0.1, 0.15) is 0 Å². The number of hydrogen-bond acceptors (Lipinski definition) is 3. The van der Waals surface area contributed by atoms with Crippen LogP contribution in [0.4, 0.5) is 0 Å². The maximum Gasteiger partial charge on any atom is 0.0327 e. The highest BCUT2D eigenvalue weighted by atomic mass is 32.1. The van der Waals surface area contributed by atoms with E-state index in [4.69, 9.17) is 0 Å². The van der Waals surface area contributed by atoms with Crippen molar-refractivity contribution >= 4 is 11.3 Å². The topological polar surface area (TPSA) is 15.3 Å². The first-order chi connectivity index (χ1) is 7.76. The van der Waals surface area contributed by atoms with E-state index in [-0.39, 0.29) is 0 Å². The summed E-state index contributed by atoms with van der Waals surface area (Å²) in [5.41, 5.74) is 0. The van der Waals surface area contributed by atoms with Crippen LogP contribution in [0.25, 0.3) is 0 Å². The molecule has 2 nitrogen and oxygen atoms in total. The fraction of sp³-hybridized carbons (Fsp3) is 0.692. The van der Waals surface area contributed by atoms with Crippen molar-refractivity contribution in [2.45, 2.75) is 27.3 Å². The van der Waals surface area contributed by atoms with Crippen LogP contribution in [0.5, 0.6) is 0 Å². The molecule has 16 heavy (non-hydrogen) atoms. The Labute approximate surface area is 104 Å². The minimum atomic E-state index is 0.722. The average Bonchev–Trinajstić information content (AvgIpc) is 2.78. The molecule has 0 aliphatic carbocycles. The number of hydrogen-bond donors (Lipinski definition) is 1. The van der Waals surface area contributed by atoms with Crippen molar-refractivity contribution in [3.8, 4) is 0 Å². The summed E-state index contributed by atoms with van der Waals surface area (Å²) in [7, 11) is 0. The maximum absolute atomic E-state index is 3.41. The van der Waals surface area contributed by atoms with E-state index in [2.05, 4.69) is 48.5 Å². The van der Waals surface area contributed by atoms with Crippen molar-refractivity contribution in [3.05, 3.63) is 22.4 Å². The number of thiophene rings is 1. The summed E-state index contributed by atoms with van der Waals surface area (Å²) in [6.07, 6.45) is 0. The summed E-state index contributed by atoms with van der Waals surface area (Å²) in [5.74, 6) is 0.722. The van der Waals surface area contributed by atoms with Crippen LogP contribution >= 0.6 is 11.3 Å². The molecule has 0 amide bonds. The SMILES string of the molecule is CCNCC(C)CN(CC)Cc1cccs1. The van der Waals surface area contributed by atoms with Gasteiger partial charge in [-0.3, -0.25) is 4.90 Å². The van der Waals surface area contributed by atoms with Crippen LogP contribution in [0, 0.1) is 5.92 Å². The van der Waals surface area contributed by atoms with Crippen molar-refractivity contribution < 1.29 is 0 Å². The zero-order valence-electron chi connectivity index (χ0n) is 10.7. The Morgan fingerprint density at radius 1 is 1.44 bits per heavy atom. The minimum absolute atomic E-state index is 0.722. The summed E-state index contributed by atoms with van der Waals surface area (Å²) in [6.45, 7) is 12.3. The molecule has 0 saturated carbocycles. The van der Waals surface area contributed by atoms with E-state index in [1.54, 1.807) is 0 Å². The van der Waals surface area contributed by atoms with Crippen LogP contribution < -0.4 is 5.32 Å². The van der Waals surface area contributed by atoms with E-state index in [1.807, 2.05) is 11.3 Å². The fourth-order valence-electron chi connectivity index (χ4n) is 1.82. The lowest BCUT2D eigenvalue weighted by molar-refractivity contribution is 0.240. The number of rotatable bonds is 8. The van der Waals surface area contributed by atoms with Crippen molar-refractivity contribution in [2.75, 3.05) is 26.2 Å². The van der Waals surface area contributed by atoms with E-state index >= 15 is 0 Å². The maximum atomic E-state index is 3.41. The van der Waals surface area contributed by atoms with Crippen molar-refractivity contribution in [2.24, 2.45) is 5.92 Å². The van der Waals surface area contributed by atoms with Gasteiger partial charge in [-0.1, -0.05) is 26.8 Å². The molecular formula is C13H24N2S. The van der Waals surface area contributed by atoms with E-state index < -0.39 is 0 Å². The van der Waals surface area contributed by atoms with Crippen LogP contribution in [0.15, 0.2) is 17.5 Å². The molecule has 1 aromatic heterocycles. The standard InChI is InChI=1S/C13H24N2S/c1-4-14-9-12(3)10-15(5-2)11-13-7-6-8-16-13/h6-8,12,14H,4-5,9-11H2,1-3H3. The Morgan fingerprint density at radius 2 is 2.25 bits per heavy atom. The highest BCUT2D eigenvalue weighted by Gasteiger charge is 2.09. The van der Waals surface area contributed by atoms with Gasteiger partial charge < -0.3 is 5.32 Å². The fourth-order valence-corrected chi connectivity index (χ4v) is 2.57. The van der Waals surface area contributed by atoms with E-state index in [9.17, 15) is 0 Å². The van der Waals surface area contributed by atoms with Crippen molar-refractivity contribution in [3.63, 3.8) is 0 Å². The highest BCUT2D eigenvalue weighted by molar-refractivity contribution is 7.09. The largest absolute Gasteiger partial charge is 0.317 e. The van der Waals surface area contributed by atoms with Crippen LogP contribution in [0.1, 0.15) is 25.6 Å². The van der Waals surface area contributed by atoms with Crippen molar-refractivity contribution in [1.29, 1.82) is 0 Å². The molecule has 0 saturated heterocycles. The zero-order valence-corrected chi connectivity index (χ0v) is 11.5. The first-order valence-electron chi connectivity index (χ1n) is 6.21. The third-order valence-electron chi connectivity index (χ3n) is 2.72. The Bertz CT molecular complexity index is 259. The minimum Gasteiger partial charge on any atom is -0.317 e.